The van der Waals surface area contributed by atoms with Crippen LogP contribution in [0.2, 0.25) is 0 Å². The average Bonchev–Trinajstić information content (AvgIpc) is 3.07. The lowest BCUT2D eigenvalue weighted by Gasteiger charge is -2.08. The predicted octanol–water partition coefficient (Wildman–Crippen LogP) is 2.76. The lowest BCUT2D eigenvalue weighted by molar-refractivity contribution is -0.113. The maximum Gasteiger partial charge on any atom is 0.234 e. The lowest BCUT2D eigenvalue weighted by atomic mass is 10.2. The van der Waals surface area contributed by atoms with E-state index in [1.54, 1.807) is 44.4 Å². The second-order valence-electron chi connectivity index (χ2n) is 6.04. The molecule has 0 saturated carbocycles. The van der Waals surface area contributed by atoms with Crippen LogP contribution in [0.3, 0.4) is 0 Å². The normalized spacial score (nSPS) is 10.6. The van der Waals surface area contributed by atoms with Gasteiger partial charge in [-0.2, -0.15) is 0 Å². The van der Waals surface area contributed by atoms with E-state index in [0.29, 0.717) is 33.7 Å². The molecule has 0 unspecified atom stereocenters. The number of nitrogens with one attached hydrogen (secondary N) is 1. The molecule has 152 valence electrons. The Hall–Kier alpha value is -3.27. The summed E-state index contributed by atoms with van der Waals surface area (Å²) in [4.78, 5) is 12.1. The van der Waals surface area contributed by atoms with Crippen molar-refractivity contribution in [1.82, 2.24) is 14.9 Å². The Bertz CT molecular complexity index is 1010. The molecule has 0 fully saturated rings. The summed E-state index contributed by atoms with van der Waals surface area (Å²) in [5, 5.41) is 10.9. The number of carbonyl (C=O) groups is 1. The summed E-state index contributed by atoms with van der Waals surface area (Å²) in [7, 11) is 1.57. The van der Waals surface area contributed by atoms with E-state index in [2.05, 4.69) is 15.5 Å². The van der Waals surface area contributed by atoms with Crippen molar-refractivity contribution in [2.45, 2.75) is 18.7 Å². The molecule has 0 aliphatic rings. The number of benzene rings is 2. The minimum Gasteiger partial charge on any atom is -0.497 e. The number of aryl methyl sites for hydroxylation is 1. The van der Waals surface area contributed by atoms with E-state index in [0.717, 1.165) is 11.8 Å². The molecule has 0 saturated heterocycles. The SMILES string of the molecule is COc1cccc(OCc2nnc(SCC(=O)Nc3ccc(C)c(F)c3)n2N)c1. The van der Waals surface area contributed by atoms with Crippen LogP contribution in [0.5, 0.6) is 11.5 Å². The first-order chi connectivity index (χ1) is 14.0. The molecule has 2 aromatic carbocycles. The minimum atomic E-state index is -0.377. The molecule has 0 aliphatic heterocycles. The van der Waals surface area contributed by atoms with Crippen LogP contribution in [0.4, 0.5) is 10.1 Å². The fourth-order valence-electron chi connectivity index (χ4n) is 2.34. The Kier molecular flexibility index (Phi) is 6.55. The summed E-state index contributed by atoms with van der Waals surface area (Å²) < 4.78 is 25.6. The number of nitrogen functional groups attached to an aromatic ring is 1. The van der Waals surface area contributed by atoms with Gasteiger partial charge in [-0.25, -0.2) is 9.07 Å². The molecular weight excluding hydrogens is 397 g/mol. The molecule has 0 atom stereocenters. The topological polar surface area (TPSA) is 104 Å². The number of thioether (sulfide) groups is 1. The highest BCUT2D eigenvalue weighted by Gasteiger charge is 2.13. The van der Waals surface area contributed by atoms with Crippen LogP contribution in [-0.2, 0) is 11.4 Å². The van der Waals surface area contributed by atoms with Crippen LogP contribution in [0.1, 0.15) is 11.4 Å². The fourth-order valence-corrected chi connectivity index (χ4v) is 3.02. The second kappa shape index (κ2) is 9.28. The summed E-state index contributed by atoms with van der Waals surface area (Å²) in [5.41, 5.74) is 0.901. The molecule has 0 spiro atoms. The maximum absolute atomic E-state index is 13.6. The number of anilines is 1. The summed E-state index contributed by atoms with van der Waals surface area (Å²) in [6.45, 7) is 1.76. The second-order valence-corrected chi connectivity index (χ2v) is 6.98. The Morgan fingerprint density at radius 2 is 2.03 bits per heavy atom. The summed E-state index contributed by atoms with van der Waals surface area (Å²) in [6.07, 6.45) is 0. The van der Waals surface area contributed by atoms with Gasteiger partial charge in [0, 0.05) is 11.8 Å². The lowest BCUT2D eigenvalue weighted by Crippen LogP contribution is -2.18. The van der Waals surface area contributed by atoms with Crippen molar-refractivity contribution in [2.75, 3.05) is 24.0 Å². The van der Waals surface area contributed by atoms with Gasteiger partial charge in [0.05, 0.1) is 12.9 Å². The van der Waals surface area contributed by atoms with Gasteiger partial charge < -0.3 is 20.6 Å². The number of nitrogens with two attached hydrogens (primary N) is 1. The highest BCUT2D eigenvalue weighted by atomic mass is 32.2. The van der Waals surface area contributed by atoms with Gasteiger partial charge in [0.25, 0.3) is 0 Å². The quantitative estimate of drug-likeness (QED) is 0.429. The van der Waals surface area contributed by atoms with Crippen molar-refractivity contribution < 1.29 is 18.7 Å². The van der Waals surface area contributed by atoms with Crippen molar-refractivity contribution in [2.24, 2.45) is 0 Å². The molecule has 1 aromatic heterocycles. The van der Waals surface area contributed by atoms with Gasteiger partial charge in [-0.3, -0.25) is 4.79 Å². The van der Waals surface area contributed by atoms with Crippen molar-refractivity contribution in [3.8, 4) is 11.5 Å². The summed E-state index contributed by atoms with van der Waals surface area (Å²) >= 11 is 1.11. The number of hydrogen-bond acceptors (Lipinski definition) is 7. The minimum absolute atomic E-state index is 0.0432. The number of ether oxygens (including phenoxy) is 2. The van der Waals surface area contributed by atoms with E-state index in [1.807, 2.05) is 6.07 Å². The maximum atomic E-state index is 13.6. The first-order valence-corrected chi connectivity index (χ1v) is 9.60. The first kappa shape index (κ1) is 20.5. The largest absolute Gasteiger partial charge is 0.497 e. The Morgan fingerprint density at radius 3 is 2.79 bits per heavy atom. The van der Waals surface area contributed by atoms with Gasteiger partial charge in [-0.05, 0) is 36.8 Å². The van der Waals surface area contributed by atoms with E-state index in [1.165, 1.54) is 10.7 Å². The first-order valence-electron chi connectivity index (χ1n) is 8.61. The zero-order valence-corrected chi connectivity index (χ0v) is 16.7. The molecule has 3 N–H and O–H groups in total. The third kappa shape index (κ3) is 5.38. The zero-order chi connectivity index (χ0) is 20.8. The molecule has 8 nitrogen and oxygen atoms in total. The number of halogens is 1. The van der Waals surface area contributed by atoms with Crippen molar-refractivity contribution in [3.05, 3.63) is 59.7 Å². The van der Waals surface area contributed by atoms with Crippen molar-refractivity contribution in [1.29, 1.82) is 0 Å². The molecule has 0 aliphatic carbocycles. The number of rotatable bonds is 8. The molecule has 0 bridgehead atoms. The fraction of sp³-hybridized carbons (Fsp3) is 0.211. The van der Waals surface area contributed by atoms with Crippen LogP contribution in [-0.4, -0.2) is 33.6 Å². The van der Waals surface area contributed by atoms with Crippen LogP contribution in [0.15, 0.2) is 47.6 Å². The molecule has 10 heteroatoms. The Balaban J connectivity index is 1.53. The highest BCUT2D eigenvalue weighted by Crippen LogP contribution is 2.21. The van der Waals surface area contributed by atoms with Gasteiger partial charge in [-0.15, -0.1) is 10.2 Å². The molecule has 1 heterocycles. The average molecular weight is 417 g/mol. The Morgan fingerprint density at radius 1 is 1.24 bits per heavy atom. The van der Waals surface area contributed by atoms with Crippen molar-refractivity contribution in [3.63, 3.8) is 0 Å². The number of methoxy groups -OCH3 is 1. The molecule has 1 amide bonds. The number of aromatic nitrogens is 3. The van der Waals surface area contributed by atoms with E-state index in [9.17, 15) is 9.18 Å². The van der Waals surface area contributed by atoms with Gasteiger partial charge in [0.2, 0.25) is 11.1 Å². The van der Waals surface area contributed by atoms with Gasteiger partial charge in [-0.1, -0.05) is 23.9 Å². The van der Waals surface area contributed by atoms with Gasteiger partial charge >= 0.3 is 0 Å². The summed E-state index contributed by atoms with van der Waals surface area (Å²) in [6, 6.07) is 11.7. The highest BCUT2D eigenvalue weighted by molar-refractivity contribution is 7.99. The molecule has 3 rings (SSSR count). The van der Waals surface area contributed by atoms with Gasteiger partial charge in [0.1, 0.15) is 23.9 Å². The van der Waals surface area contributed by atoms with E-state index in [4.69, 9.17) is 15.3 Å². The molecule has 29 heavy (non-hydrogen) atoms. The van der Waals surface area contributed by atoms with Crippen LogP contribution in [0.25, 0.3) is 0 Å². The standard InChI is InChI=1S/C19H20FN5O3S/c1-12-6-7-13(8-16(12)20)22-18(26)11-29-19-24-23-17(25(19)21)10-28-15-5-3-4-14(9-15)27-2/h3-9H,10-11,21H2,1-2H3,(H,22,26). The van der Waals surface area contributed by atoms with Crippen LogP contribution >= 0.6 is 11.8 Å². The summed E-state index contributed by atoms with van der Waals surface area (Å²) in [5.74, 6) is 7.02. The zero-order valence-electron chi connectivity index (χ0n) is 15.9. The number of nitrogens with zero attached hydrogens (tertiary/aromatic N) is 3. The van der Waals surface area contributed by atoms with Gasteiger partial charge in [0.15, 0.2) is 5.82 Å². The predicted molar refractivity (Wildman–Crippen MR) is 108 cm³/mol. The molecular formula is C19H20FN5O3S. The van der Waals surface area contributed by atoms with E-state index in [-0.39, 0.29) is 24.1 Å². The van der Waals surface area contributed by atoms with E-state index < -0.39 is 0 Å². The smallest absolute Gasteiger partial charge is 0.234 e. The monoisotopic (exact) mass is 417 g/mol. The molecule has 0 radical (unpaired) electrons. The van der Waals surface area contributed by atoms with Crippen LogP contribution < -0.4 is 20.6 Å². The van der Waals surface area contributed by atoms with Crippen LogP contribution in [0, 0.1) is 12.7 Å². The number of amides is 1. The number of hydrogen-bond donors (Lipinski definition) is 2. The van der Waals surface area contributed by atoms with E-state index >= 15 is 0 Å². The number of carbonyl (C=O) groups excluding carboxylic acids is 1. The third-order valence-corrected chi connectivity index (χ3v) is 4.88. The third-order valence-electron chi connectivity index (χ3n) is 3.93. The molecule has 3 aromatic rings. The van der Waals surface area contributed by atoms with Crippen molar-refractivity contribution >= 4 is 23.4 Å². The Labute approximate surface area is 171 Å².